The minimum Gasteiger partial charge on any atom is -0.308 e. The molecular weight excluding hydrogens is 447 g/mol. The maximum atomic E-state index is 3.57. The first-order valence-corrected chi connectivity index (χ1v) is 13.6. The van der Waals surface area contributed by atoms with Crippen molar-refractivity contribution in [3.63, 3.8) is 0 Å². The third kappa shape index (κ3) is 12.1. The van der Waals surface area contributed by atoms with E-state index in [0.29, 0.717) is 23.7 Å². The van der Waals surface area contributed by atoms with Crippen molar-refractivity contribution in [1.82, 2.24) is 9.80 Å². The molecule has 2 aromatic carbocycles. The molecule has 0 saturated heterocycles. The number of nitrogens with one attached hydrogen (secondary N) is 2. The third-order valence-electron chi connectivity index (χ3n) is 6.28. The van der Waals surface area contributed by atoms with Gasteiger partial charge in [-0.05, 0) is 51.9 Å². The van der Waals surface area contributed by atoms with Crippen molar-refractivity contribution in [2.75, 3.05) is 41.3 Å². The number of likely N-dealkylation sites (N-methyl/N-ethyl adjacent to an activating group) is 2. The average molecular weight is 502 g/mol. The first-order valence-electron chi connectivity index (χ1n) is 13.6. The topological polar surface area (TPSA) is 34.4 Å². The van der Waals surface area contributed by atoms with Gasteiger partial charge in [-0.3, -0.25) is 0 Å². The van der Waals surface area contributed by atoms with Crippen LogP contribution >= 0.6 is 0 Å². The Morgan fingerprint density at radius 3 is 0.973 bits per heavy atom. The van der Waals surface area contributed by atoms with E-state index in [4.69, 9.17) is 0 Å². The molecule has 0 saturated carbocycles. The number of rotatable bonds is 10. The van der Waals surface area contributed by atoms with Crippen LogP contribution in [0.2, 0.25) is 0 Å². The average Bonchev–Trinajstić information content (AvgIpc) is 2.80. The van der Waals surface area contributed by atoms with Crippen LogP contribution in [-0.2, 0) is 0 Å². The minimum absolute atomic E-state index is 0. The zero-order valence-electron chi connectivity index (χ0n) is 26.2. The number of para-hydroxylation sites is 2. The monoisotopic (exact) mass is 501 g/mol. The van der Waals surface area contributed by atoms with E-state index in [1.807, 2.05) is 12.4 Å². The first kappa shape index (κ1) is 35.3. The van der Waals surface area contributed by atoms with Gasteiger partial charge < -0.3 is 9.80 Å². The van der Waals surface area contributed by atoms with Crippen molar-refractivity contribution in [2.24, 2.45) is 0 Å². The van der Waals surface area contributed by atoms with Crippen LogP contribution in [0.5, 0.6) is 0 Å². The molecule has 0 unspecified atom stereocenters. The molecule has 0 radical (unpaired) electrons. The molecule has 0 aliphatic carbocycles. The van der Waals surface area contributed by atoms with Crippen LogP contribution in [0.1, 0.15) is 101 Å². The van der Waals surface area contributed by atoms with Gasteiger partial charge in [-0.1, -0.05) is 91.8 Å². The summed E-state index contributed by atoms with van der Waals surface area (Å²) >= 11 is 0. The number of nitrogens with zero attached hydrogens (tertiary/aromatic N) is 2. The molecule has 2 rings (SSSR count). The molecule has 0 aliphatic heterocycles. The van der Waals surface area contributed by atoms with Crippen LogP contribution in [0.15, 0.2) is 36.4 Å². The van der Waals surface area contributed by atoms with Gasteiger partial charge in [0.05, 0.1) is 0 Å². The van der Waals surface area contributed by atoms with Crippen LogP contribution < -0.4 is 28.8 Å². The van der Waals surface area contributed by atoms with Crippen molar-refractivity contribution >= 4 is 23.8 Å². The molecule has 0 aromatic heterocycles. The molecule has 4 nitrogen and oxygen atoms in total. The number of benzene rings is 2. The normalized spacial score (nSPS) is 11.9. The fourth-order valence-corrected chi connectivity index (χ4v) is 4.09. The van der Waals surface area contributed by atoms with Crippen LogP contribution in [-0.4, -0.2) is 63.5 Å². The fraction of sp³-hybridized carbons (Fsp3) is 0.562. The van der Waals surface area contributed by atoms with Gasteiger partial charge in [0, 0.05) is 35.3 Å². The van der Waals surface area contributed by atoms with Crippen molar-refractivity contribution in [3.05, 3.63) is 58.7 Å². The quantitative estimate of drug-likeness (QED) is 0.383. The summed E-state index contributed by atoms with van der Waals surface area (Å²) < 4.78 is 0. The molecule has 37 heavy (non-hydrogen) atoms. The molecule has 0 bridgehead atoms. The van der Waals surface area contributed by atoms with Gasteiger partial charge in [0.1, 0.15) is 0 Å². The zero-order chi connectivity index (χ0) is 27.4. The van der Waals surface area contributed by atoms with E-state index in [0.717, 1.165) is 13.1 Å². The van der Waals surface area contributed by atoms with E-state index < -0.39 is 0 Å². The molecule has 0 spiro atoms. The Bertz CT molecular complexity index is 841. The summed E-state index contributed by atoms with van der Waals surface area (Å²) in [6, 6.07) is 13.3. The smallest absolute Gasteiger partial charge is 0.308 e. The summed E-state index contributed by atoms with van der Waals surface area (Å²) in [5, 5.41) is 0. The second kappa shape index (κ2) is 17.7. The maximum Gasteiger partial charge on any atom is 1.00 e. The predicted octanol–water partition coefficient (Wildman–Crippen LogP) is 1.56. The summed E-state index contributed by atoms with van der Waals surface area (Å²) in [4.78, 5) is 11.5. The summed E-state index contributed by atoms with van der Waals surface area (Å²) in [7, 11) is 8.35. The Labute approximate surface area is 240 Å². The standard InChI is InChI=1S/C26H36N2.C6H16N2.Li/c1-17(2)21-11-9-12-22(18(3)4)25(21)27-15-16-28-26-23(19(5)6)13-10-14-24(26)20(7)8;1-7(2)5-6-8(3)4;/h9-20H,1-8H3;5-6H2,1-4H3;/q;;+1/p+2. The largest absolute Gasteiger partial charge is 1.00 e. The summed E-state index contributed by atoms with van der Waals surface area (Å²) in [5.74, 6) is 1.93. The van der Waals surface area contributed by atoms with Crippen molar-refractivity contribution in [2.45, 2.75) is 79.1 Å². The van der Waals surface area contributed by atoms with E-state index in [2.05, 4.69) is 140 Å². The van der Waals surface area contributed by atoms with E-state index in [1.54, 1.807) is 0 Å². The second-order valence-corrected chi connectivity index (χ2v) is 11.5. The van der Waals surface area contributed by atoms with Crippen LogP contribution in [0.25, 0.3) is 0 Å². The van der Waals surface area contributed by atoms with Gasteiger partial charge in [-0.2, -0.15) is 0 Å². The number of hydrogen-bond acceptors (Lipinski definition) is 2. The van der Waals surface area contributed by atoms with Crippen LogP contribution in [0.3, 0.4) is 0 Å². The molecule has 0 amide bonds. The van der Waals surface area contributed by atoms with Gasteiger partial charge in [0.15, 0.2) is 0 Å². The molecule has 0 aliphatic rings. The van der Waals surface area contributed by atoms with Gasteiger partial charge in [-0.25, -0.2) is 9.98 Å². The summed E-state index contributed by atoms with van der Waals surface area (Å²) in [5.41, 5.74) is 7.93. The van der Waals surface area contributed by atoms with Crippen molar-refractivity contribution in [3.8, 4) is 0 Å². The molecular formula is C32H54LiN4+3. The van der Waals surface area contributed by atoms with Gasteiger partial charge in [0.25, 0.3) is 0 Å². The third-order valence-corrected chi connectivity index (χ3v) is 6.28. The predicted molar refractivity (Wildman–Crippen MR) is 160 cm³/mol. The Morgan fingerprint density at radius 2 is 0.784 bits per heavy atom. The Kier molecular flexibility index (Phi) is 16.9. The minimum atomic E-state index is 0. The molecule has 2 N–H and O–H groups in total. The Morgan fingerprint density at radius 1 is 0.541 bits per heavy atom. The van der Waals surface area contributed by atoms with Crippen LogP contribution in [0.4, 0.5) is 11.4 Å². The molecule has 200 valence electrons. The van der Waals surface area contributed by atoms with E-state index >= 15 is 0 Å². The Balaban J connectivity index is 0.00000125. The van der Waals surface area contributed by atoms with Gasteiger partial charge in [0.2, 0.25) is 23.8 Å². The second-order valence-electron chi connectivity index (χ2n) is 11.5. The molecule has 0 heterocycles. The van der Waals surface area contributed by atoms with Crippen molar-refractivity contribution in [1.29, 1.82) is 0 Å². The van der Waals surface area contributed by atoms with Gasteiger partial charge in [-0.15, -0.1) is 0 Å². The van der Waals surface area contributed by atoms with E-state index in [9.17, 15) is 0 Å². The molecule has 2 aromatic rings. The summed E-state index contributed by atoms with van der Waals surface area (Å²) in [6.45, 7) is 20.3. The van der Waals surface area contributed by atoms with Gasteiger partial charge >= 0.3 is 18.9 Å². The van der Waals surface area contributed by atoms with E-state index in [1.165, 1.54) is 33.6 Å². The molecule has 0 fully saturated rings. The SMILES string of the molecule is CC(C)c1cccc(C(C)C)c1[NH+]=CC=[NH+]c1c(C(C)C)cccc1C(C)C.CN(C)CCN(C)C.[Li+]. The maximum absolute atomic E-state index is 3.57. The van der Waals surface area contributed by atoms with E-state index in [-0.39, 0.29) is 18.9 Å². The number of hydrogen-bond donors (Lipinski definition) is 2. The Hall–Kier alpha value is -1.70. The zero-order valence-corrected chi connectivity index (χ0v) is 26.2. The summed E-state index contributed by atoms with van der Waals surface area (Å²) in [6.07, 6.45) is 4.07. The molecule has 0 atom stereocenters. The van der Waals surface area contributed by atoms with Crippen molar-refractivity contribution < 1.29 is 28.8 Å². The van der Waals surface area contributed by atoms with Crippen LogP contribution in [0, 0.1) is 0 Å². The first-order chi connectivity index (χ1) is 16.9. The fourth-order valence-electron chi connectivity index (χ4n) is 4.09. The molecule has 5 heteroatoms.